The summed E-state index contributed by atoms with van der Waals surface area (Å²) < 4.78 is 0. The van der Waals surface area contributed by atoms with Crippen molar-refractivity contribution in [3.8, 4) is 0 Å². The van der Waals surface area contributed by atoms with Crippen molar-refractivity contribution < 1.29 is 0 Å². The SMILES string of the molecule is C=C(C)CN1CC=[C]CC1. The van der Waals surface area contributed by atoms with Gasteiger partial charge in [-0.3, -0.25) is 4.90 Å². The summed E-state index contributed by atoms with van der Waals surface area (Å²) in [5.74, 6) is 0. The Balaban J connectivity index is 2.28. The molecular weight excluding hydrogens is 122 g/mol. The molecule has 10 heavy (non-hydrogen) atoms. The van der Waals surface area contributed by atoms with Crippen LogP contribution >= 0.6 is 0 Å². The second-order valence-corrected chi connectivity index (χ2v) is 2.85. The zero-order valence-electron chi connectivity index (χ0n) is 6.56. The fourth-order valence-corrected chi connectivity index (χ4v) is 1.13. The van der Waals surface area contributed by atoms with Gasteiger partial charge in [-0.25, -0.2) is 0 Å². The van der Waals surface area contributed by atoms with Gasteiger partial charge in [-0.1, -0.05) is 18.2 Å². The van der Waals surface area contributed by atoms with Crippen LogP contribution in [0.3, 0.4) is 0 Å². The summed E-state index contributed by atoms with van der Waals surface area (Å²) in [6, 6.07) is 0. The van der Waals surface area contributed by atoms with Gasteiger partial charge in [0.15, 0.2) is 0 Å². The van der Waals surface area contributed by atoms with E-state index in [0.717, 1.165) is 26.1 Å². The zero-order chi connectivity index (χ0) is 7.40. The van der Waals surface area contributed by atoms with E-state index in [1.165, 1.54) is 5.57 Å². The molecule has 0 N–H and O–H groups in total. The first-order chi connectivity index (χ1) is 4.79. The lowest BCUT2D eigenvalue weighted by atomic mass is 10.2. The summed E-state index contributed by atoms with van der Waals surface area (Å²) in [4.78, 5) is 2.37. The monoisotopic (exact) mass is 136 g/mol. The maximum Gasteiger partial charge on any atom is 0.0190 e. The first kappa shape index (κ1) is 7.55. The van der Waals surface area contributed by atoms with Gasteiger partial charge in [-0.15, -0.1) is 0 Å². The molecule has 0 aromatic carbocycles. The number of rotatable bonds is 2. The predicted octanol–water partition coefficient (Wildman–Crippen LogP) is 1.63. The van der Waals surface area contributed by atoms with Crippen LogP contribution in [0, 0.1) is 6.08 Å². The largest absolute Gasteiger partial charge is 0.295 e. The molecule has 1 aliphatic rings. The Hall–Kier alpha value is -0.560. The Morgan fingerprint density at radius 1 is 1.80 bits per heavy atom. The van der Waals surface area contributed by atoms with Gasteiger partial charge in [0.25, 0.3) is 0 Å². The van der Waals surface area contributed by atoms with Crippen LogP contribution in [-0.2, 0) is 0 Å². The number of hydrogen-bond donors (Lipinski definition) is 0. The van der Waals surface area contributed by atoms with Crippen molar-refractivity contribution >= 4 is 0 Å². The van der Waals surface area contributed by atoms with E-state index in [2.05, 4.69) is 30.6 Å². The molecule has 0 bridgehead atoms. The van der Waals surface area contributed by atoms with Gasteiger partial charge in [-0.05, 0) is 19.4 Å². The molecule has 1 heterocycles. The molecule has 0 aromatic rings. The van der Waals surface area contributed by atoms with Gasteiger partial charge >= 0.3 is 0 Å². The van der Waals surface area contributed by atoms with Crippen molar-refractivity contribution in [1.82, 2.24) is 4.90 Å². The lowest BCUT2D eigenvalue weighted by Crippen LogP contribution is -2.28. The minimum atomic E-state index is 1.04. The van der Waals surface area contributed by atoms with Gasteiger partial charge in [0, 0.05) is 19.6 Å². The Morgan fingerprint density at radius 2 is 2.60 bits per heavy atom. The normalized spacial score (nSPS) is 19.3. The molecule has 0 atom stereocenters. The summed E-state index contributed by atoms with van der Waals surface area (Å²) in [5.41, 5.74) is 1.25. The standard InChI is InChI=1S/C9H14N/c1-9(2)8-10-6-4-3-5-7-10/h4H,1,5-8H2,2H3. The molecule has 1 nitrogen and oxygen atoms in total. The first-order valence-corrected chi connectivity index (χ1v) is 3.71. The zero-order valence-corrected chi connectivity index (χ0v) is 6.56. The average molecular weight is 136 g/mol. The molecule has 0 unspecified atom stereocenters. The highest BCUT2D eigenvalue weighted by Crippen LogP contribution is 2.02. The maximum absolute atomic E-state index is 3.87. The summed E-state index contributed by atoms with van der Waals surface area (Å²) in [6.07, 6.45) is 6.37. The molecule has 55 valence electrons. The topological polar surface area (TPSA) is 3.24 Å². The third kappa shape index (κ3) is 2.36. The minimum absolute atomic E-state index is 1.04. The van der Waals surface area contributed by atoms with Crippen molar-refractivity contribution in [2.24, 2.45) is 0 Å². The Kier molecular flexibility index (Phi) is 2.69. The third-order valence-corrected chi connectivity index (χ3v) is 1.56. The van der Waals surface area contributed by atoms with E-state index < -0.39 is 0 Å². The summed E-state index contributed by atoms with van der Waals surface area (Å²) in [5, 5.41) is 0. The maximum atomic E-state index is 3.87. The van der Waals surface area contributed by atoms with E-state index in [4.69, 9.17) is 0 Å². The summed E-state index contributed by atoms with van der Waals surface area (Å²) in [7, 11) is 0. The molecule has 1 heteroatoms. The van der Waals surface area contributed by atoms with Crippen molar-refractivity contribution in [2.45, 2.75) is 13.3 Å². The molecule has 0 saturated carbocycles. The fraction of sp³-hybridized carbons (Fsp3) is 0.556. The van der Waals surface area contributed by atoms with E-state index in [1.807, 2.05) is 0 Å². The molecule has 0 saturated heterocycles. The smallest absolute Gasteiger partial charge is 0.0190 e. The van der Waals surface area contributed by atoms with Crippen molar-refractivity contribution in [1.29, 1.82) is 0 Å². The highest BCUT2D eigenvalue weighted by atomic mass is 15.1. The Bertz CT molecular complexity index is 147. The second-order valence-electron chi connectivity index (χ2n) is 2.85. The van der Waals surface area contributed by atoms with Crippen LogP contribution in [0.15, 0.2) is 18.2 Å². The van der Waals surface area contributed by atoms with E-state index in [-0.39, 0.29) is 0 Å². The van der Waals surface area contributed by atoms with Crippen LogP contribution in [0.25, 0.3) is 0 Å². The Labute approximate surface area is 63.0 Å². The lowest BCUT2D eigenvalue weighted by molar-refractivity contribution is 0.321. The quantitative estimate of drug-likeness (QED) is 0.521. The van der Waals surface area contributed by atoms with E-state index in [9.17, 15) is 0 Å². The molecule has 1 aliphatic heterocycles. The summed E-state index contributed by atoms with van der Waals surface area (Å²) >= 11 is 0. The summed E-state index contributed by atoms with van der Waals surface area (Å²) in [6.45, 7) is 9.18. The minimum Gasteiger partial charge on any atom is -0.295 e. The molecule has 1 radical (unpaired) electrons. The molecule has 0 spiro atoms. The third-order valence-electron chi connectivity index (χ3n) is 1.56. The highest BCUT2D eigenvalue weighted by Gasteiger charge is 2.04. The van der Waals surface area contributed by atoms with Crippen molar-refractivity contribution in [3.05, 3.63) is 24.3 Å². The van der Waals surface area contributed by atoms with Gasteiger partial charge < -0.3 is 0 Å². The molecule has 0 amide bonds. The van der Waals surface area contributed by atoms with E-state index in [1.54, 1.807) is 0 Å². The van der Waals surface area contributed by atoms with Gasteiger partial charge in [-0.2, -0.15) is 0 Å². The second kappa shape index (κ2) is 3.57. The van der Waals surface area contributed by atoms with Crippen LogP contribution in [0.5, 0.6) is 0 Å². The number of nitrogens with zero attached hydrogens (tertiary/aromatic N) is 1. The van der Waals surface area contributed by atoms with E-state index in [0.29, 0.717) is 0 Å². The van der Waals surface area contributed by atoms with Gasteiger partial charge in [0.05, 0.1) is 0 Å². The van der Waals surface area contributed by atoms with Crippen LogP contribution in [0.4, 0.5) is 0 Å². The molecule has 1 rings (SSSR count). The average Bonchev–Trinajstić information content (AvgIpc) is 1.88. The molecule has 0 fully saturated rings. The van der Waals surface area contributed by atoms with Gasteiger partial charge in [0.1, 0.15) is 0 Å². The highest BCUT2D eigenvalue weighted by molar-refractivity contribution is 4.95. The molecule has 0 aliphatic carbocycles. The first-order valence-electron chi connectivity index (χ1n) is 3.71. The van der Waals surface area contributed by atoms with Crippen molar-refractivity contribution in [2.75, 3.05) is 19.6 Å². The predicted molar refractivity (Wildman–Crippen MR) is 43.7 cm³/mol. The fourth-order valence-electron chi connectivity index (χ4n) is 1.13. The van der Waals surface area contributed by atoms with Crippen LogP contribution < -0.4 is 0 Å². The van der Waals surface area contributed by atoms with Gasteiger partial charge in [0.2, 0.25) is 0 Å². The lowest BCUT2D eigenvalue weighted by Gasteiger charge is -2.22. The van der Waals surface area contributed by atoms with Crippen molar-refractivity contribution in [3.63, 3.8) is 0 Å². The Morgan fingerprint density at radius 3 is 3.10 bits per heavy atom. The number of hydrogen-bond acceptors (Lipinski definition) is 1. The molecular formula is C9H14N. The van der Waals surface area contributed by atoms with Crippen LogP contribution in [0.1, 0.15) is 13.3 Å². The van der Waals surface area contributed by atoms with E-state index >= 15 is 0 Å². The molecule has 0 aromatic heterocycles. The van der Waals surface area contributed by atoms with Crippen LogP contribution in [0.2, 0.25) is 0 Å². The van der Waals surface area contributed by atoms with Crippen LogP contribution in [-0.4, -0.2) is 24.5 Å².